The van der Waals surface area contributed by atoms with Crippen molar-refractivity contribution < 1.29 is 9.59 Å². The van der Waals surface area contributed by atoms with E-state index in [9.17, 15) is 9.59 Å². The number of rotatable bonds is 7. The highest BCUT2D eigenvalue weighted by atomic mass is 35.5. The van der Waals surface area contributed by atoms with E-state index in [1.54, 1.807) is 12.1 Å². The highest BCUT2D eigenvalue weighted by molar-refractivity contribution is 6.42. The van der Waals surface area contributed by atoms with Crippen LogP contribution in [0.5, 0.6) is 0 Å². The Hall–Kier alpha value is -2.08. The van der Waals surface area contributed by atoms with Gasteiger partial charge < -0.3 is 10.6 Å². The molecule has 2 amide bonds. The van der Waals surface area contributed by atoms with Gasteiger partial charge in [0.15, 0.2) is 0 Å². The number of carbonyl (C=O) groups excluding carboxylic acids is 2. The van der Waals surface area contributed by atoms with Crippen molar-refractivity contribution in [2.24, 2.45) is 0 Å². The molecule has 2 rings (SSSR count). The lowest BCUT2D eigenvalue weighted by Gasteiger charge is -2.17. The fourth-order valence-corrected chi connectivity index (χ4v) is 2.89. The molecule has 0 radical (unpaired) electrons. The number of likely N-dealkylation sites (N-methyl/N-ethyl adjacent to an activating group) is 1. The maximum atomic E-state index is 12.1. The van der Waals surface area contributed by atoms with Crippen LogP contribution in [0, 0.1) is 13.8 Å². The Morgan fingerprint density at radius 2 is 1.78 bits per heavy atom. The number of aryl methyl sites for hydroxylation is 1. The van der Waals surface area contributed by atoms with Gasteiger partial charge in [-0.3, -0.25) is 14.5 Å². The van der Waals surface area contributed by atoms with Crippen molar-refractivity contribution in [2.45, 2.75) is 20.4 Å². The average Bonchev–Trinajstić information content (AvgIpc) is 2.60. The molecule has 7 heteroatoms. The van der Waals surface area contributed by atoms with Crippen molar-refractivity contribution >= 4 is 40.7 Å². The molecular formula is C20H23Cl2N3O2. The summed E-state index contributed by atoms with van der Waals surface area (Å²) < 4.78 is 0. The van der Waals surface area contributed by atoms with E-state index < -0.39 is 0 Å². The quantitative estimate of drug-likeness (QED) is 0.733. The van der Waals surface area contributed by atoms with Crippen LogP contribution in [0.3, 0.4) is 0 Å². The third-order valence-electron chi connectivity index (χ3n) is 4.17. The van der Waals surface area contributed by atoms with Crippen LogP contribution in [-0.4, -0.2) is 36.9 Å². The molecule has 0 bridgehead atoms. The van der Waals surface area contributed by atoms with Crippen LogP contribution in [0.15, 0.2) is 36.4 Å². The van der Waals surface area contributed by atoms with Gasteiger partial charge in [-0.2, -0.15) is 0 Å². The standard InChI is InChI=1S/C20H23Cl2N3O2/c1-13-5-4-6-18(14(13)2)24-19(26)10-23-20(27)12-25(3)11-15-7-8-16(21)17(22)9-15/h4-9H,10-12H2,1-3H3,(H,23,27)(H,24,26). The predicted molar refractivity (Wildman–Crippen MR) is 110 cm³/mol. The average molecular weight is 408 g/mol. The first-order valence-electron chi connectivity index (χ1n) is 8.51. The summed E-state index contributed by atoms with van der Waals surface area (Å²) in [6.45, 7) is 4.56. The van der Waals surface area contributed by atoms with Crippen molar-refractivity contribution in [2.75, 3.05) is 25.5 Å². The summed E-state index contributed by atoms with van der Waals surface area (Å²) in [5.41, 5.74) is 3.82. The number of carbonyl (C=O) groups is 2. The van der Waals surface area contributed by atoms with E-state index in [4.69, 9.17) is 23.2 Å². The molecule has 0 unspecified atom stereocenters. The van der Waals surface area contributed by atoms with E-state index in [1.807, 2.05) is 50.1 Å². The van der Waals surface area contributed by atoms with Crippen LogP contribution in [0.1, 0.15) is 16.7 Å². The van der Waals surface area contributed by atoms with Gasteiger partial charge >= 0.3 is 0 Å². The second-order valence-electron chi connectivity index (χ2n) is 6.49. The Morgan fingerprint density at radius 1 is 1.04 bits per heavy atom. The van der Waals surface area contributed by atoms with E-state index in [0.717, 1.165) is 22.4 Å². The highest BCUT2D eigenvalue weighted by Crippen LogP contribution is 2.23. The Labute approximate surface area is 169 Å². The second kappa shape index (κ2) is 9.74. The Kier molecular flexibility index (Phi) is 7.66. The molecule has 0 aliphatic heterocycles. The number of amides is 2. The lowest BCUT2D eigenvalue weighted by Crippen LogP contribution is -2.39. The number of benzene rings is 2. The molecule has 5 nitrogen and oxygen atoms in total. The molecule has 0 aliphatic rings. The van der Waals surface area contributed by atoms with Crippen molar-refractivity contribution in [3.05, 3.63) is 63.1 Å². The fourth-order valence-electron chi connectivity index (χ4n) is 2.57. The maximum Gasteiger partial charge on any atom is 0.243 e. The zero-order valence-electron chi connectivity index (χ0n) is 15.6. The van der Waals surface area contributed by atoms with Gasteiger partial charge in [-0.1, -0.05) is 41.4 Å². The van der Waals surface area contributed by atoms with Crippen LogP contribution >= 0.6 is 23.2 Å². The third-order valence-corrected chi connectivity index (χ3v) is 4.91. The van der Waals surface area contributed by atoms with Gasteiger partial charge in [-0.05, 0) is 55.8 Å². The topological polar surface area (TPSA) is 61.4 Å². The molecule has 0 spiro atoms. The number of anilines is 1. The Morgan fingerprint density at radius 3 is 2.48 bits per heavy atom. The number of nitrogens with zero attached hydrogens (tertiary/aromatic N) is 1. The molecule has 0 aliphatic carbocycles. The minimum Gasteiger partial charge on any atom is -0.346 e. The SMILES string of the molecule is Cc1cccc(NC(=O)CNC(=O)CN(C)Cc2ccc(Cl)c(Cl)c2)c1C. The van der Waals surface area contributed by atoms with Gasteiger partial charge in [0.05, 0.1) is 23.1 Å². The van der Waals surface area contributed by atoms with Gasteiger partial charge in [0.2, 0.25) is 11.8 Å². The highest BCUT2D eigenvalue weighted by Gasteiger charge is 2.11. The lowest BCUT2D eigenvalue weighted by molar-refractivity contribution is -0.124. The predicted octanol–water partition coefficient (Wildman–Crippen LogP) is 3.80. The van der Waals surface area contributed by atoms with Crippen molar-refractivity contribution in [3.8, 4) is 0 Å². The molecular weight excluding hydrogens is 385 g/mol. The Bertz CT molecular complexity index is 840. The molecule has 2 aromatic carbocycles. The van der Waals surface area contributed by atoms with Gasteiger partial charge in [0.25, 0.3) is 0 Å². The Balaban J connectivity index is 1.78. The number of hydrogen-bond donors (Lipinski definition) is 2. The van der Waals surface area contributed by atoms with Crippen molar-refractivity contribution in [3.63, 3.8) is 0 Å². The summed E-state index contributed by atoms with van der Waals surface area (Å²) in [6, 6.07) is 11.1. The van der Waals surface area contributed by atoms with Crippen LogP contribution in [0.25, 0.3) is 0 Å². The largest absolute Gasteiger partial charge is 0.346 e. The molecule has 2 N–H and O–H groups in total. The summed E-state index contributed by atoms with van der Waals surface area (Å²) in [7, 11) is 1.82. The van der Waals surface area contributed by atoms with Crippen LogP contribution in [0.2, 0.25) is 10.0 Å². The summed E-state index contributed by atoms with van der Waals surface area (Å²) in [5.74, 6) is -0.488. The van der Waals surface area contributed by atoms with E-state index in [-0.39, 0.29) is 24.9 Å². The summed E-state index contributed by atoms with van der Waals surface area (Å²) in [6.07, 6.45) is 0. The van der Waals surface area contributed by atoms with Gasteiger partial charge in [0.1, 0.15) is 0 Å². The summed E-state index contributed by atoms with van der Waals surface area (Å²) >= 11 is 11.9. The van der Waals surface area contributed by atoms with Crippen LogP contribution in [-0.2, 0) is 16.1 Å². The molecule has 0 heterocycles. The maximum absolute atomic E-state index is 12.1. The molecule has 0 saturated carbocycles. The fraction of sp³-hybridized carbons (Fsp3) is 0.300. The molecule has 0 atom stereocenters. The first-order valence-corrected chi connectivity index (χ1v) is 9.27. The third kappa shape index (κ3) is 6.54. The zero-order valence-corrected chi connectivity index (χ0v) is 17.1. The van der Waals surface area contributed by atoms with Crippen molar-refractivity contribution in [1.82, 2.24) is 10.2 Å². The number of hydrogen-bond acceptors (Lipinski definition) is 3. The molecule has 2 aromatic rings. The number of halogens is 2. The normalized spacial score (nSPS) is 10.7. The minimum atomic E-state index is -0.260. The van der Waals surface area contributed by atoms with Gasteiger partial charge in [0, 0.05) is 12.2 Å². The van der Waals surface area contributed by atoms with Gasteiger partial charge in [-0.25, -0.2) is 0 Å². The van der Waals surface area contributed by atoms with Gasteiger partial charge in [-0.15, -0.1) is 0 Å². The summed E-state index contributed by atoms with van der Waals surface area (Å²) in [4.78, 5) is 26.0. The van der Waals surface area contributed by atoms with E-state index in [1.165, 1.54) is 0 Å². The minimum absolute atomic E-state index is 0.0766. The zero-order chi connectivity index (χ0) is 20.0. The van der Waals surface area contributed by atoms with Crippen LogP contribution < -0.4 is 10.6 Å². The second-order valence-corrected chi connectivity index (χ2v) is 7.31. The molecule has 0 fully saturated rings. The van der Waals surface area contributed by atoms with E-state index in [2.05, 4.69) is 10.6 Å². The smallest absolute Gasteiger partial charge is 0.243 e. The molecule has 27 heavy (non-hydrogen) atoms. The number of nitrogens with one attached hydrogen (secondary N) is 2. The monoisotopic (exact) mass is 407 g/mol. The van der Waals surface area contributed by atoms with Crippen molar-refractivity contribution in [1.29, 1.82) is 0 Å². The molecule has 0 saturated heterocycles. The van der Waals surface area contributed by atoms with E-state index in [0.29, 0.717) is 16.6 Å². The van der Waals surface area contributed by atoms with E-state index >= 15 is 0 Å². The summed E-state index contributed by atoms with van der Waals surface area (Å²) in [5, 5.41) is 6.43. The lowest BCUT2D eigenvalue weighted by atomic mass is 10.1. The molecule has 0 aromatic heterocycles. The first-order chi connectivity index (χ1) is 12.8. The first kappa shape index (κ1) is 21.2. The molecule has 144 valence electrons. The van der Waals surface area contributed by atoms with Crippen LogP contribution in [0.4, 0.5) is 5.69 Å².